The van der Waals surface area contributed by atoms with Gasteiger partial charge in [0.25, 0.3) is 0 Å². The molecule has 10 heteroatoms. The van der Waals surface area contributed by atoms with Gasteiger partial charge in [0.2, 0.25) is 10.0 Å². The second-order valence-corrected chi connectivity index (χ2v) is 7.78. The Bertz CT molecular complexity index is 648. The number of nitrogens with one attached hydrogen (secondary N) is 2. The van der Waals surface area contributed by atoms with Gasteiger partial charge < -0.3 is 5.32 Å². The van der Waals surface area contributed by atoms with E-state index in [1.165, 1.54) is 0 Å². The summed E-state index contributed by atoms with van der Waals surface area (Å²) >= 11 is 5.62. The highest BCUT2D eigenvalue weighted by Crippen LogP contribution is 2.32. The molecule has 1 atom stereocenters. The van der Waals surface area contributed by atoms with Crippen LogP contribution in [0.1, 0.15) is 24.8 Å². The van der Waals surface area contributed by atoms with Gasteiger partial charge in [-0.05, 0) is 56.5 Å². The van der Waals surface area contributed by atoms with E-state index >= 15 is 0 Å². The Morgan fingerprint density at radius 3 is 2.58 bits per heavy atom. The highest BCUT2D eigenvalue weighted by molar-refractivity contribution is 7.89. The average molecular weight is 407 g/mol. The number of hydrogen-bond donors (Lipinski definition) is 2. The summed E-state index contributed by atoms with van der Waals surface area (Å²) in [4.78, 5) is -0.473. The van der Waals surface area contributed by atoms with Gasteiger partial charge >= 0.3 is 6.18 Å². The van der Waals surface area contributed by atoms with Crippen LogP contribution in [-0.2, 0) is 16.2 Å². The van der Waals surface area contributed by atoms with Gasteiger partial charge in [-0.2, -0.15) is 13.2 Å². The Kier molecular flexibility index (Phi) is 7.80. The van der Waals surface area contributed by atoms with E-state index in [1.807, 2.05) is 0 Å². The molecule has 1 heterocycles. The molecule has 1 unspecified atom stereocenters. The van der Waals surface area contributed by atoms with Crippen molar-refractivity contribution in [3.63, 3.8) is 0 Å². The van der Waals surface area contributed by atoms with Crippen molar-refractivity contribution >= 4 is 34.0 Å². The molecule has 4 nitrogen and oxygen atoms in total. The first-order valence-corrected chi connectivity index (χ1v) is 9.13. The summed E-state index contributed by atoms with van der Waals surface area (Å²) in [6.45, 7) is 1.98. The summed E-state index contributed by atoms with van der Waals surface area (Å²) in [5, 5.41) is 2.96. The Morgan fingerprint density at radius 1 is 1.29 bits per heavy atom. The zero-order valence-corrected chi connectivity index (χ0v) is 15.1. The van der Waals surface area contributed by atoms with Crippen molar-refractivity contribution in [1.29, 1.82) is 0 Å². The molecule has 0 aromatic heterocycles. The fourth-order valence-electron chi connectivity index (χ4n) is 2.53. The van der Waals surface area contributed by atoms with Crippen molar-refractivity contribution in [3.8, 4) is 0 Å². The predicted molar refractivity (Wildman–Crippen MR) is 89.1 cm³/mol. The lowest BCUT2D eigenvalue weighted by atomic mass is 9.96. The molecule has 0 radical (unpaired) electrons. The van der Waals surface area contributed by atoms with E-state index in [4.69, 9.17) is 11.6 Å². The molecule has 1 aromatic rings. The van der Waals surface area contributed by atoms with E-state index in [9.17, 15) is 21.6 Å². The molecule has 2 rings (SSSR count). The Labute approximate surface area is 150 Å². The summed E-state index contributed by atoms with van der Waals surface area (Å²) in [6.07, 6.45) is -1.95. The quantitative estimate of drug-likeness (QED) is 0.786. The molecule has 138 valence electrons. The summed E-state index contributed by atoms with van der Waals surface area (Å²) in [7, 11) is -4.02. The maximum atomic E-state index is 12.8. The lowest BCUT2D eigenvalue weighted by Gasteiger charge is -2.22. The molecule has 0 amide bonds. The van der Waals surface area contributed by atoms with Crippen LogP contribution in [0, 0.1) is 5.92 Å². The van der Waals surface area contributed by atoms with Crippen LogP contribution in [0.2, 0.25) is 5.02 Å². The van der Waals surface area contributed by atoms with Gasteiger partial charge in [-0.1, -0.05) is 11.6 Å². The Balaban J connectivity index is 0.00000288. The van der Waals surface area contributed by atoms with E-state index < -0.39 is 26.7 Å². The summed E-state index contributed by atoms with van der Waals surface area (Å²) in [5.74, 6) is 0.372. The summed E-state index contributed by atoms with van der Waals surface area (Å²) < 4.78 is 64.9. The minimum Gasteiger partial charge on any atom is -0.316 e. The minimum absolute atomic E-state index is 0. The molecule has 0 bridgehead atoms. The third-order valence-corrected chi connectivity index (χ3v) is 5.41. The molecular weight excluding hydrogens is 388 g/mol. The van der Waals surface area contributed by atoms with E-state index in [0.29, 0.717) is 24.5 Å². The van der Waals surface area contributed by atoms with Gasteiger partial charge in [-0.3, -0.25) is 0 Å². The first kappa shape index (κ1) is 21.5. The van der Waals surface area contributed by atoms with Crippen LogP contribution < -0.4 is 10.0 Å². The van der Waals surface area contributed by atoms with E-state index in [0.717, 1.165) is 32.0 Å². The van der Waals surface area contributed by atoms with Crippen LogP contribution in [0.15, 0.2) is 23.1 Å². The highest BCUT2D eigenvalue weighted by Gasteiger charge is 2.32. The molecule has 0 saturated carbocycles. The van der Waals surface area contributed by atoms with E-state index in [2.05, 4.69) is 10.0 Å². The monoisotopic (exact) mass is 406 g/mol. The smallest absolute Gasteiger partial charge is 0.316 e. The second kappa shape index (κ2) is 8.71. The molecule has 2 N–H and O–H groups in total. The third-order valence-electron chi connectivity index (χ3n) is 3.75. The first-order chi connectivity index (χ1) is 10.7. The lowest BCUT2D eigenvalue weighted by molar-refractivity contribution is -0.137. The van der Waals surface area contributed by atoms with Gasteiger partial charge in [0.1, 0.15) is 0 Å². The third kappa shape index (κ3) is 6.07. The van der Waals surface area contributed by atoms with Crippen LogP contribution in [-0.4, -0.2) is 28.1 Å². The standard InChI is InChI=1S/C14H18ClF3N2O2S.ClH/c15-12-6-11(14(16,17)18)7-13(8-12)23(21,22)20-5-3-10-2-1-4-19-9-10;/h6-8,10,19-20H,1-5,9H2;1H. The average Bonchev–Trinajstić information content (AvgIpc) is 2.46. The van der Waals surface area contributed by atoms with Crippen molar-refractivity contribution < 1.29 is 21.6 Å². The normalized spacial score (nSPS) is 18.9. The van der Waals surface area contributed by atoms with Gasteiger partial charge in [0, 0.05) is 11.6 Å². The summed E-state index contributed by atoms with van der Waals surface area (Å²) in [5.41, 5.74) is -1.08. The fraction of sp³-hybridized carbons (Fsp3) is 0.571. The molecule has 1 aromatic carbocycles. The minimum atomic E-state index is -4.65. The van der Waals surface area contributed by atoms with Gasteiger partial charge in [0.15, 0.2) is 0 Å². The number of sulfonamides is 1. The number of halogens is 5. The fourth-order valence-corrected chi connectivity index (χ4v) is 3.95. The maximum Gasteiger partial charge on any atom is 0.416 e. The Morgan fingerprint density at radius 2 is 2.00 bits per heavy atom. The topological polar surface area (TPSA) is 58.2 Å². The van der Waals surface area contributed by atoms with Crippen LogP contribution in [0.4, 0.5) is 13.2 Å². The van der Waals surface area contributed by atoms with Crippen molar-refractivity contribution in [2.24, 2.45) is 5.92 Å². The molecule has 24 heavy (non-hydrogen) atoms. The maximum absolute atomic E-state index is 12.8. The largest absolute Gasteiger partial charge is 0.416 e. The van der Waals surface area contributed by atoms with Crippen LogP contribution >= 0.6 is 24.0 Å². The number of hydrogen-bond acceptors (Lipinski definition) is 3. The van der Waals surface area contributed by atoms with Crippen molar-refractivity contribution in [2.45, 2.75) is 30.3 Å². The summed E-state index contributed by atoms with van der Waals surface area (Å²) in [6, 6.07) is 2.31. The molecule has 1 saturated heterocycles. The molecule has 1 aliphatic heterocycles. The van der Waals surface area contributed by atoms with Crippen LogP contribution in [0.25, 0.3) is 0 Å². The number of alkyl halides is 3. The van der Waals surface area contributed by atoms with Gasteiger partial charge in [-0.15, -0.1) is 12.4 Å². The number of rotatable bonds is 5. The van der Waals surface area contributed by atoms with E-state index in [-0.39, 0.29) is 24.0 Å². The molecule has 1 aliphatic rings. The predicted octanol–water partition coefficient (Wildman–Crippen LogP) is 3.45. The number of benzene rings is 1. The van der Waals surface area contributed by atoms with Crippen molar-refractivity contribution in [3.05, 3.63) is 28.8 Å². The SMILES string of the molecule is Cl.O=S(=O)(NCCC1CCCNC1)c1cc(Cl)cc(C(F)(F)F)c1. The van der Waals surface area contributed by atoms with Crippen LogP contribution in [0.5, 0.6) is 0 Å². The lowest BCUT2D eigenvalue weighted by Crippen LogP contribution is -2.33. The second-order valence-electron chi connectivity index (χ2n) is 5.57. The molecule has 0 spiro atoms. The van der Waals surface area contributed by atoms with E-state index in [1.54, 1.807) is 0 Å². The van der Waals surface area contributed by atoms with Crippen LogP contribution in [0.3, 0.4) is 0 Å². The highest BCUT2D eigenvalue weighted by atomic mass is 35.5. The molecule has 0 aliphatic carbocycles. The molecule has 1 fully saturated rings. The Hall–Kier alpha value is -0.540. The van der Waals surface area contributed by atoms with Crippen molar-refractivity contribution in [1.82, 2.24) is 10.0 Å². The van der Waals surface area contributed by atoms with Crippen molar-refractivity contribution in [2.75, 3.05) is 19.6 Å². The van der Waals surface area contributed by atoms with Gasteiger partial charge in [0.05, 0.1) is 10.5 Å². The number of piperidine rings is 1. The van der Waals surface area contributed by atoms with Gasteiger partial charge in [-0.25, -0.2) is 13.1 Å². The first-order valence-electron chi connectivity index (χ1n) is 7.26. The molecular formula is C14H19Cl2F3N2O2S. The zero-order chi connectivity index (χ0) is 17.1. The zero-order valence-electron chi connectivity index (χ0n) is 12.7.